The van der Waals surface area contributed by atoms with Crippen LogP contribution in [0.2, 0.25) is 5.02 Å². The van der Waals surface area contributed by atoms with Crippen LogP contribution >= 0.6 is 11.6 Å². The second kappa shape index (κ2) is 4.34. The van der Waals surface area contributed by atoms with Crippen molar-refractivity contribution < 1.29 is 0 Å². The molecule has 2 aromatic rings. The van der Waals surface area contributed by atoms with Gasteiger partial charge in [-0.1, -0.05) is 31.4 Å². The Balaban J connectivity index is 2.04. The number of aromatic nitrogens is 2. The number of nitrogens with zero attached hydrogens (tertiary/aromatic N) is 2. The van der Waals surface area contributed by atoms with Crippen LogP contribution in [0.25, 0.3) is 5.65 Å². The van der Waals surface area contributed by atoms with Crippen LogP contribution in [0.15, 0.2) is 18.3 Å². The maximum Gasteiger partial charge on any atom is 0.156 e. The first kappa shape index (κ1) is 11.1. The largest absolute Gasteiger partial charge is 0.303 e. The molecule has 3 heteroatoms. The lowest BCUT2D eigenvalue weighted by atomic mass is 9.87. The molecule has 0 spiro atoms. The highest BCUT2D eigenvalue weighted by Gasteiger charge is 2.23. The summed E-state index contributed by atoms with van der Waals surface area (Å²) >= 11 is 6.19. The Hall–Kier alpha value is -1.02. The van der Waals surface area contributed by atoms with Gasteiger partial charge in [-0.15, -0.1) is 0 Å². The number of halogens is 1. The Morgan fingerprint density at radius 1 is 1.53 bits per heavy atom. The number of fused-ring (bicyclic) bond motifs is 3. The highest BCUT2D eigenvalue weighted by atomic mass is 35.5. The van der Waals surface area contributed by atoms with Gasteiger partial charge in [-0.25, -0.2) is 4.98 Å². The zero-order chi connectivity index (χ0) is 11.8. The molecule has 2 aromatic heterocycles. The first-order chi connectivity index (χ1) is 8.29. The first-order valence-electron chi connectivity index (χ1n) is 6.44. The molecule has 0 radical (unpaired) electrons. The molecular formula is C14H17ClN2. The van der Waals surface area contributed by atoms with Crippen molar-refractivity contribution >= 4 is 17.2 Å². The summed E-state index contributed by atoms with van der Waals surface area (Å²) in [5, 5.41) is 0.758. The summed E-state index contributed by atoms with van der Waals surface area (Å²) in [4.78, 5) is 4.72. The molecule has 0 saturated carbocycles. The van der Waals surface area contributed by atoms with Gasteiger partial charge in [0, 0.05) is 11.9 Å². The highest BCUT2D eigenvalue weighted by Crippen LogP contribution is 2.30. The van der Waals surface area contributed by atoms with E-state index in [4.69, 9.17) is 16.6 Å². The second-order valence-electron chi connectivity index (χ2n) is 4.95. The number of hydrogen-bond donors (Lipinski definition) is 0. The van der Waals surface area contributed by atoms with Crippen molar-refractivity contribution in [3.8, 4) is 0 Å². The molecule has 0 saturated heterocycles. The Kier molecular flexibility index (Phi) is 2.83. The molecule has 0 aromatic carbocycles. The Bertz CT molecular complexity index is 544. The van der Waals surface area contributed by atoms with Gasteiger partial charge in [0.05, 0.1) is 10.7 Å². The number of hydrogen-bond acceptors (Lipinski definition) is 1. The van der Waals surface area contributed by atoms with E-state index in [-0.39, 0.29) is 0 Å². The fourth-order valence-corrected chi connectivity index (χ4v) is 3.14. The van der Waals surface area contributed by atoms with Crippen LogP contribution in [0.1, 0.15) is 37.6 Å². The summed E-state index contributed by atoms with van der Waals surface area (Å²) < 4.78 is 2.17. The van der Waals surface area contributed by atoms with Gasteiger partial charge < -0.3 is 4.40 Å². The maximum absolute atomic E-state index is 6.19. The predicted molar refractivity (Wildman–Crippen MR) is 70.6 cm³/mol. The van der Waals surface area contributed by atoms with E-state index in [1.54, 1.807) is 0 Å². The van der Waals surface area contributed by atoms with Crippen molar-refractivity contribution in [1.29, 1.82) is 0 Å². The standard InChI is InChI=1S/C14H17ClN2/c1-2-4-10-6-7-13-12(9-10)16-14-11(15)5-3-8-17(13)14/h3,5,8,10H,2,4,6-7,9H2,1H3. The lowest BCUT2D eigenvalue weighted by molar-refractivity contribution is 0.415. The zero-order valence-electron chi connectivity index (χ0n) is 10.1. The molecule has 0 aliphatic heterocycles. The van der Waals surface area contributed by atoms with Gasteiger partial charge in [-0.2, -0.15) is 0 Å². The molecule has 0 fully saturated rings. The van der Waals surface area contributed by atoms with E-state index < -0.39 is 0 Å². The molecule has 1 aliphatic carbocycles. The Morgan fingerprint density at radius 2 is 2.41 bits per heavy atom. The fraction of sp³-hybridized carbons (Fsp3) is 0.500. The molecular weight excluding hydrogens is 232 g/mol. The number of aryl methyl sites for hydroxylation is 1. The van der Waals surface area contributed by atoms with E-state index >= 15 is 0 Å². The quantitative estimate of drug-likeness (QED) is 0.788. The minimum absolute atomic E-state index is 0.758. The predicted octanol–water partition coefficient (Wildman–Crippen LogP) is 3.89. The zero-order valence-corrected chi connectivity index (χ0v) is 10.9. The van der Waals surface area contributed by atoms with Gasteiger partial charge in [0.15, 0.2) is 5.65 Å². The third kappa shape index (κ3) is 1.85. The monoisotopic (exact) mass is 248 g/mol. The summed E-state index contributed by atoms with van der Waals surface area (Å²) in [6.07, 6.45) is 8.23. The lowest BCUT2D eigenvalue weighted by Gasteiger charge is -2.20. The van der Waals surface area contributed by atoms with Crippen molar-refractivity contribution in [2.45, 2.75) is 39.0 Å². The molecule has 2 nitrogen and oxygen atoms in total. The van der Waals surface area contributed by atoms with Crippen LogP contribution < -0.4 is 0 Å². The summed E-state index contributed by atoms with van der Waals surface area (Å²) in [6.45, 7) is 2.26. The van der Waals surface area contributed by atoms with Gasteiger partial charge in [-0.3, -0.25) is 0 Å². The van der Waals surface area contributed by atoms with Gasteiger partial charge in [0.1, 0.15) is 0 Å². The number of pyridine rings is 1. The van der Waals surface area contributed by atoms with Gasteiger partial charge >= 0.3 is 0 Å². The van der Waals surface area contributed by atoms with Crippen molar-refractivity contribution in [3.63, 3.8) is 0 Å². The third-order valence-corrected chi connectivity index (χ3v) is 4.05. The Labute approximate surface area is 107 Å². The van der Waals surface area contributed by atoms with E-state index in [0.29, 0.717) is 0 Å². The SMILES string of the molecule is CCCC1CCc2c(nc3c(Cl)cccn23)C1. The molecule has 1 aliphatic rings. The topological polar surface area (TPSA) is 17.3 Å². The summed E-state index contributed by atoms with van der Waals surface area (Å²) in [6, 6.07) is 3.91. The molecule has 1 unspecified atom stereocenters. The van der Waals surface area contributed by atoms with E-state index in [9.17, 15) is 0 Å². The second-order valence-corrected chi connectivity index (χ2v) is 5.36. The normalized spacial score (nSPS) is 19.5. The van der Waals surface area contributed by atoms with Crippen molar-refractivity contribution in [2.75, 3.05) is 0 Å². The lowest BCUT2D eigenvalue weighted by Crippen LogP contribution is -2.14. The average Bonchev–Trinajstić information content (AvgIpc) is 2.69. The van der Waals surface area contributed by atoms with E-state index in [0.717, 1.165) is 29.4 Å². The van der Waals surface area contributed by atoms with Crippen LogP contribution in [0, 0.1) is 5.92 Å². The average molecular weight is 249 g/mol. The molecule has 3 rings (SSSR count). The molecule has 0 bridgehead atoms. The molecule has 1 atom stereocenters. The van der Waals surface area contributed by atoms with Crippen LogP contribution in [-0.4, -0.2) is 9.38 Å². The molecule has 17 heavy (non-hydrogen) atoms. The number of imidazole rings is 1. The van der Waals surface area contributed by atoms with Crippen LogP contribution in [-0.2, 0) is 12.8 Å². The van der Waals surface area contributed by atoms with E-state index in [2.05, 4.69) is 17.5 Å². The van der Waals surface area contributed by atoms with Crippen molar-refractivity contribution in [3.05, 3.63) is 34.7 Å². The van der Waals surface area contributed by atoms with Gasteiger partial charge in [0.2, 0.25) is 0 Å². The third-order valence-electron chi connectivity index (χ3n) is 3.75. The minimum atomic E-state index is 0.758. The minimum Gasteiger partial charge on any atom is -0.303 e. The fourth-order valence-electron chi connectivity index (χ4n) is 2.93. The highest BCUT2D eigenvalue weighted by molar-refractivity contribution is 6.33. The van der Waals surface area contributed by atoms with Crippen molar-refractivity contribution in [1.82, 2.24) is 9.38 Å². The van der Waals surface area contributed by atoms with Crippen molar-refractivity contribution in [2.24, 2.45) is 5.92 Å². The van der Waals surface area contributed by atoms with Crippen LogP contribution in [0.5, 0.6) is 0 Å². The first-order valence-corrected chi connectivity index (χ1v) is 6.81. The maximum atomic E-state index is 6.19. The molecule has 0 amide bonds. The molecule has 0 N–H and O–H groups in total. The van der Waals surface area contributed by atoms with E-state index in [1.807, 2.05) is 12.1 Å². The summed E-state index contributed by atoms with van der Waals surface area (Å²) in [5.74, 6) is 0.816. The summed E-state index contributed by atoms with van der Waals surface area (Å²) in [7, 11) is 0. The van der Waals surface area contributed by atoms with Crippen LogP contribution in [0.3, 0.4) is 0 Å². The van der Waals surface area contributed by atoms with E-state index in [1.165, 1.54) is 30.7 Å². The smallest absolute Gasteiger partial charge is 0.156 e. The van der Waals surface area contributed by atoms with Gasteiger partial charge in [-0.05, 0) is 37.3 Å². The summed E-state index contributed by atoms with van der Waals surface area (Å²) in [5.41, 5.74) is 3.56. The van der Waals surface area contributed by atoms with Crippen LogP contribution in [0.4, 0.5) is 0 Å². The molecule has 90 valence electrons. The Morgan fingerprint density at radius 3 is 3.24 bits per heavy atom. The molecule has 2 heterocycles. The van der Waals surface area contributed by atoms with Gasteiger partial charge in [0.25, 0.3) is 0 Å². The number of rotatable bonds is 2.